The Labute approximate surface area is 178 Å². The van der Waals surface area contributed by atoms with Crippen molar-refractivity contribution in [2.75, 3.05) is 6.54 Å². The van der Waals surface area contributed by atoms with Crippen LogP contribution in [0.15, 0.2) is 35.3 Å². The van der Waals surface area contributed by atoms with E-state index in [1.165, 1.54) is 5.57 Å². The van der Waals surface area contributed by atoms with E-state index in [-0.39, 0.29) is 40.8 Å². The molecule has 0 radical (unpaired) electrons. The lowest BCUT2D eigenvalue weighted by Gasteiger charge is -2.59. The average molecular weight is 416 g/mol. The van der Waals surface area contributed by atoms with Crippen LogP contribution in [0.3, 0.4) is 0 Å². The van der Waals surface area contributed by atoms with Gasteiger partial charge in [-0.3, -0.25) is 14.4 Å². The Bertz CT molecular complexity index is 854. The lowest BCUT2D eigenvalue weighted by atomic mass is 9.46. The van der Waals surface area contributed by atoms with E-state index in [2.05, 4.69) is 32.7 Å². The molecule has 3 aliphatic rings. The quantitative estimate of drug-likeness (QED) is 0.343. The van der Waals surface area contributed by atoms with Crippen molar-refractivity contribution in [1.29, 1.82) is 0 Å². The van der Waals surface area contributed by atoms with Crippen LogP contribution in [0.1, 0.15) is 65.7 Å². The molecule has 6 heteroatoms. The van der Waals surface area contributed by atoms with E-state index in [1.54, 1.807) is 0 Å². The number of carbonyl (C=O) groups is 3. The molecule has 3 rings (SSSR count). The van der Waals surface area contributed by atoms with E-state index in [4.69, 9.17) is 5.11 Å². The molecule has 30 heavy (non-hydrogen) atoms. The van der Waals surface area contributed by atoms with Crippen molar-refractivity contribution in [1.82, 2.24) is 5.32 Å². The fraction of sp³-hybridized carbons (Fsp3) is 0.625. The second-order valence-electron chi connectivity index (χ2n) is 9.74. The molecule has 0 aromatic heterocycles. The minimum absolute atomic E-state index is 0.00974. The van der Waals surface area contributed by atoms with Crippen LogP contribution < -0.4 is 5.32 Å². The second-order valence-corrected chi connectivity index (χ2v) is 9.74. The van der Waals surface area contributed by atoms with E-state index >= 15 is 0 Å². The van der Waals surface area contributed by atoms with Gasteiger partial charge in [0.1, 0.15) is 5.76 Å². The van der Waals surface area contributed by atoms with E-state index in [0.29, 0.717) is 18.3 Å². The van der Waals surface area contributed by atoms with Crippen molar-refractivity contribution in [2.45, 2.75) is 65.7 Å². The number of hydrogen-bond donors (Lipinski definition) is 3. The Morgan fingerprint density at radius 3 is 2.67 bits per heavy atom. The van der Waals surface area contributed by atoms with Crippen LogP contribution in [0.5, 0.6) is 0 Å². The summed E-state index contributed by atoms with van der Waals surface area (Å²) in [5, 5.41) is 22.5. The van der Waals surface area contributed by atoms with E-state index in [0.717, 1.165) is 38.2 Å². The third-order valence-corrected chi connectivity index (χ3v) is 8.09. The van der Waals surface area contributed by atoms with Crippen LogP contribution in [0.4, 0.5) is 0 Å². The number of carbonyl (C=O) groups excluding carboxylic acids is 2. The third-order valence-electron chi connectivity index (χ3n) is 8.09. The molecule has 164 valence electrons. The third kappa shape index (κ3) is 3.72. The fourth-order valence-corrected chi connectivity index (χ4v) is 5.93. The second kappa shape index (κ2) is 8.05. The van der Waals surface area contributed by atoms with Crippen molar-refractivity contribution in [3.05, 3.63) is 35.3 Å². The van der Waals surface area contributed by atoms with Gasteiger partial charge in [0.05, 0.1) is 12.1 Å². The summed E-state index contributed by atoms with van der Waals surface area (Å²) in [7, 11) is 0. The molecule has 0 saturated heterocycles. The molecule has 2 fully saturated rings. The van der Waals surface area contributed by atoms with E-state index < -0.39 is 17.5 Å². The summed E-state index contributed by atoms with van der Waals surface area (Å²) >= 11 is 0. The van der Waals surface area contributed by atoms with Gasteiger partial charge in [-0.2, -0.15) is 0 Å². The van der Waals surface area contributed by atoms with Crippen LogP contribution in [0, 0.1) is 22.7 Å². The Kier molecular flexibility index (Phi) is 5.99. The summed E-state index contributed by atoms with van der Waals surface area (Å²) in [5.74, 6) is -1.88. The highest BCUT2D eigenvalue weighted by atomic mass is 16.4. The van der Waals surface area contributed by atoms with Crippen LogP contribution in [-0.2, 0) is 14.4 Å². The number of nitrogens with one attached hydrogen (secondary N) is 1. The topological polar surface area (TPSA) is 104 Å². The lowest BCUT2D eigenvalue weighted by molar-refractivity contribution is -0.136. The van der Waals surface area contributed by atoms with Crippen molar-refractivity contribution in [3.63, 3.8) is 0 Å². The van der Waals surface area contributed by atoms with Crippen LogP contribution >= 0.6 is 0 Å². The first-order valence-corrected chi connectivity index (χ1v) is 10.9. The zero-order chi connectivity index (χ0) is 22.3. The first-order valence-electron chi connectivity index (χ1n) is 10.9. The number of ketones is 2. The molecule has 3 N–H and O–H groups in total. The predicted molar refractivity (Wildman–Crippen MR) is 114 cm³/mol. The number of carboxylic acids is 1. The highest BCUT2D eigenvalue weighted by molar-refractivity contribution is 6.48. The van der Waals surface area contributed by atoms with Crippen LogP contribution in [-0.4, -0.2) is 34.3 Å². The highest BCUT2D eigenvalue weighted by Gasteiger charge is 2.54. The van der Waals surface area contributed by atoms with Gasteiger partial charge in [0.25, 0.3) is 0 Å². The van der Waals surface area contributed by atoms with Crippen LogP contribution in [0.25, 0.3) is 0 Å². The molecule has 0 aromatic rings. The van der Waals surface area contributed by atoms with Gasteiger partial charge in [-0.15, -0.1) is 0 Å². The Hall–Kier alpha value is -2.37. The van der Waals surface area contributed by atoms with Crippen molar-refractivity contribution >= 4 is 17.5 Å². The van der Waals surface area contributed by atoms with Gasteiger partial charge < -0.3 is 15.5 Å². The zero-order valence-corrected chi connectivity index (χ0v) is 18.2. The number of fused-ring (bicyclic) bond motifs is 1. The maximum Gasteiger partial charge on any atom is 0.305 e. The van der Waals surface area contributed by atoms with Crippen molar-refractivity contribution in [3.8, 4) is 0 Å². The summed E-state index contributed by atoms with van der Waals surface area (Å²) in [6, 6.07) is 0. The molecule has 3 aliphatic carbocycles. The molecule has 0 spiro atoms. The highest BCUT2D eigenvalue weighted by Crippen LogP contribution is 2.63. The van der Waals surface area contributed by atoms with Gasteiger partial charge in [-0.05, 0) is 61.2 Å². The van der Waals surface area contributed by atoms with Crippen LogP contribution in [0.2, 0.25) is 0 Å². The predicted octanol–water partition coefficient (Wildman–Crippen LogP) is 4.09. The summed E-state index contributed by atoms with van der Waals surface area (Å²) in [6.45, 7) is 11.1. The fourth-order valence-electron chi connectivity index (χ4n) is 5.93. The van der Waals surface area contributed by atoms with Crippen molar-refractivity contribution < 1.29 is 24.6 Å². The number of allylic oxidation sites excluding steroid dienone is 3. The molecule has 0 heterocycles. The molecular formula is C24H33NO5. The number of hydrogen-bond acceptors (Lipinski definition) is 5. The minimum Gasteiger partial charge on any atom is -0.505 e. The standard InChI is InChI=1S/C24H33NO5/c1-14-6-5-7-19-23(14,3)10-8-15(2)24(19,4)13-16-21(29)17(12-18(26)22(16)30)25-11-9-20(27)28/h12,15,19,25,29H,1,5-11,13H2,2-4H3,(H,27,28). The van der Waals surface area contributed by atoms with E-state index in [1.807, 2.05) is 0 Å². The molecule has 0 amide bonds. The normalized spacial score (nSPS) is 34.5. The molecule has 0 aromatic carbocycles. The summed E-state index contributed by atoms with van der Waals surface area (Å²) in [5.41, 5.74) is 1.32. The largest absolute Gasteiger partial charge is 0.505 e. The molecule has 6 nitrogen and oxygen atoms in total. The van der Waals surface area contributed by atoms with Gasteiger partial charge in [-0.1, -0.05) is 32.9 Å². The first kappa shape index (κ1) is 22.3. The SMILES string of the molecule is C=C1CCCC2C1(C)CCC(C)C2(C)CC1=C(O)C(NCCC(=O)O)=CC(=O)C1=O. The summed E-state index contributed by atoms with van der Waals surface area (Å²) in [4.78, 5) is 35.9. The van der Waals surface area contributed by atoms with Gasteiger partial charge in [0.2, 0.25) is 11.6 Å². The molecule has 2 saturated carbocycles. The van der Waals surface area contributed by atoms with Gasteiger partial charge in [0.15, 0.2) is 0 Å². The van der Waals surface area contributed by atoms with E-state index in [9.17, 15) is 19.5 Å². The number of rotatable bonds is 6. The molecule has 4 atom stereocenters. The number of carboxylic acid groups (broad SMARTS) is 1. The molecule has 4 unspecified atom stereocenters. The van der Waals surface area contributed by atoms with Gasteiger partial charge >= 0.3 is 5.97 Å². The van der Waals surface area contributed by atoms with Gasteiger partial charge in [-0.25, -0.2) is 0 Å². The first-order chi connectivity index (χ1) is 14.0. The maximum atomic E-state index is 12.7. The molecule has 0 aliphatic heterocycles. The minimum atomic E-state index is -0.981. The maximum absolute atomic E-state index is 12.7. The Balaban J connectivity index is 1.93. The van der Waals surface area contributed by atoms with Gasteiger partial charge in [0, 0.05) is 18.2 Å². The lowest BCUT2D eigenvalue weighted by Crippen LogP contribution is -2.51. The number of aliphatic carboxylic acids is 1. The molecule has 0 bridgehead atoms. The summed E-state index contributed by atoms with van der Waals surface area (Å²) < 4.78 is 0. The number of Topliss-reactive ketones (excluding diaryl/α,β-unsaturated/α-hetero) is 1. The van der Waals surface area contributed by atoms with Crippen molar-refractivity contribution in [2.24, 2.45) is 22.7 Å². The summed E-state index contributed by atoms with van der Waals surface area (Å²) in [6.07, 6.45) is 6.49. The molecular weight excluding hydrogens is 382 g/mol. The number of aliphatic hydroxyl groups excluding tert-OH is 1. The Morgan fingerprint density at radius 2 is 2.00 bits per heavy atom. The monoisotopic (exact) mass is 415 g/mol. The zero-order valence-electron chi connectivity index (χ0n) is 18.2. The average Bonchev–Trinajstić information content (AvgIpc) is 2.68. The Morgan fingerprint density at radius 1 is 1.30 bits per heavy atom. The smallest absolute Gasteiger partial charge is 0.305 e. The number of aliphatic hydroxyl groups is 1.